The van der Waals surface area contributed by atoms with Crippen LogP contribution in [-0.2, 0) is 22.4 Å². The highest BCUT2D eigenvalue weighted by atomic mass is 19.2. The lowest BCUT2D eigenvalue weighted by Gasteiger charge is -2.15. The highest BCUT2D eigenvalue weighted by Crippen LogP contribution is 2.13. The third kappa shape index (κ3) is 5.27. The van der Waals surface area contributed by atoms with Crippen LogP contribution < -0.4 is 10.1 Å². The maximum atomic E-state index is 13.2. The molecule has 7 heteroatoms. The van der Waals surface area contributed by atoms with Gasteiger partial charge < -0.3 is 15.2 Å². The van der Waals surface area contributed by atoms with E-state index in [0.717, 1.165) is 12.1 Å². The van der Waals surface area contributed by atoms with Gasteiger partial charge in [-0.3, -0.25) is 4.79 Å². The summed E-state index contributed by atoms with van der Waals surface area (Å²) in [7, 11) is 1.52. The molecule has 0 unspecified atom stereocenters. The van der Waals surface area contributed by atoms with Crippen molar-refractivity contribution in [3.8, 4) is 5.75 Å². The molecular formula is C18H17F2NO4. The minimum atomic E-state index is -1.19. The molecule has 0 saturated carbocycles. The van der Waals surface area contributed by atoms with Gasteiger partial charge in [-0.1, -0.05) is 18.2 Å². The van der Waals surface area contributed by atoms with Crippen LogP contribution in [0.2, 0.25) is 0 Å². The first-order valence-electron chi connectivity index (χ1n) is 7.48. The SMILES string of the molecule is COc1ccc(C[C@@H](NC(=O)Cc2ccc(F)c(F)c2)C(=O)O)cc1. The Morgan fingerprint density at radius 3 is 2.28 bits per heavy atom. The molecule has 0 radical (unpaired) electrons. The van der Waals surface area contributed by atoms with Crippen molar-refractivity contribution in [2.45, 2.75) is 18.9 Å². The van der Waals surface area contributed by atoms with Crippen molar-refractivity contribution in [3.63, 3.8) is 0 Å². The summed E-state index contributed by atoms with van der Waals surface area (Å²) in [4.78, 5) is 23.4. The summed E-state index contributed by atoms with van der Waals surface area (Å²) in [6.07, 6.45) is -0.160. The van der Waals surface area contributed by atoms with Crippen LogP contribution in [0.4, 0.5) is 8.78 Å². The van der Waals surface area contributed by atoms with E-state index < -0.39 is 29.6 Å². The molecule has 2 rings (SSSR count). The second-order valence-corrected chi connectivity index (χ2v) is 5.44. The van der Waals surface area contributed by atoms with E-state index >= 15 is 0 Å². The van der Waals surface area contributed by atoms with Gasteiger partial charge in [0, 0.05) is 6.42 Å². The summed E-state index contributed by atoms with van der Waals surface area (Å²) in [6, 6.07) is 8.77. The zero-order valence-corrected chi connectivity index (χ0v) is 13.5. The number of benzene rings is 2. The number of ether oxygens (including phenoxy) is 1. The molecule has 25 heavy (non-hydrogen) atoms. The smallest absolute Gasteiger partial charge is 0.326 e. The lowest BCUT2D eigenvalue weighted by molar-refractivity contribution is -0.141. The molecule has 0 spiro atoms. The normalized spacial score (nSPS) is 11.6. The molecule has 0 heterocycles. The number of carboxylic acid groups (broad SMARTS) is 1. The molecule has 1 amide bonds. The number of hydrogen-bond acceptors (Lipinski definition) is 3. The lowest BCUT2D eigenvalue weighted by atomic mass is 10.0. The van der Waals surface area contributed by atoms with E-state index in [4.69, 9.17) is 4.74 Å². The van der Waals surface area contributed by atoms with E-state index in [1.165, 1.54) is 13.2 Å². The predicted octanol–water partition coefficient (Wildman–Crippen LogP) is 2.33. The Balaban J connectivity index is 2.00. The molecule has 2 aromatic rings. The quantitative estimate of drug-likeness (QED) is 0.804. The van der Waals surface area contributed by atoms with Crippen LogP contribution in [0.5, 0.6) is 5.75 Å². The Labute approximate surface area is 143 Å². The van der Waals surface area contributed by atoms with E-state index in [1.807, 2.05) is 0 Å². The van der Waals surface area contributed by atoms with Gasteiger partial charge in [-0.05, 0) is 35.4 Å². The molecule has 0 aliphatic heterocycles. The molecule has 2 N–H and O–H groups in total. The first kappa shape index (κ1) is 18.4. The Kier molecular flexibility index (Phi) is 6.05. The average Bonchev–Trinajstić information content (AvgIpc) is 2.58. The number of carboxylic acids is 1. The van der Waals surface area contributed by atoms with Crippen LogP contribution in [0.1, 0.15) is 11.1 Å². The second kappa shape index (κ2) is 8.23. The topological polar surface area (TPSA) is 75.6 Å². The Morgan fingerprint density at radius 2 is 1.72 bits per heavy atom. The van der Waals surface area contributed by atoms with Gasteiger partial charge in [0.1, 0.15) is 11.8 Å². The summed E-state index contributed by atoms with van der Waals surface area (Å²) in [5.74, 6) is -3.20. The van der Waals surface area contributed by atoms with Crippen LogP contribution in [0.3, 0.4) is 0 Å². The van der Waals surface area contributed by atoms with Gasteiger partial charge in [-0.15, -0.1) is 0 Å². The molecule has 132 valence electrons. The van der Waals surface area contributed by atoms with Gasteiger partial charge in [-0.2, -0.15) is 0 Å². The molecule has 0 saturated heterocycles. The van der Waals surface area contributed by atoms with Crippen LogP contribution >= 0.6 is 0 Å². The minimum absolute atomic E-state index is 0.0862. The summed E-state index contributed by atoms with van der Waals surface area (Å²) in [5, 5.41) is 11.7. The molecule has 1 atom stereocenters. The van der Waals surface area contributed by atoms with Crippen molar-refractivity contribution in [2.24, 2.45) is 0 Å². The largest absolute Gasteiger partial charge is 0.497 e. The molecule has 5 nitrogen and oxygen atoms in total. The summed E-state index contributed by atoms with van der Waals surface area (Å²) in [5.41, 5.74) is 0.964. The molecule has 0 fully saturated rings. The van der Waals surface area contributed by atoms with Gasteiger partial charge in [0.05, 0.1) is 13.5 Å². The average molecular weight is 349 g/mol. The number of halogens is 2. The van der Waals surface area contributed by atoms with Crippen molar-refractivity contribution in [2.75, 3.05) is 7.11 Å². The first-order chi connectivity index (χ1) is 11.9. The number of methoxy groups -OCH3 is 1. The number of nitrogens with one attached hydrogen (secondary N) is 1. The standard InChI is InChI=1S/C18H17F2NO4/c1-25-13-5-2-11(3-6-13)9-16(18(23)24)21-17(22)10-12-4-7-14(19)15(20)8-12/h2-8,16H,9-10H2,1H3,(H,21,22)(H,23,24)/t16-/m1/s1. The Hall–Kier alpha value is -2.96. The number of rotatable bonds is 7. The van der Waals surface area contributed by atoms with Crippen molar-refractivity contribution >= 4 is 11.9 Å². The van der Waals surface area contributed by atoms with E-state index in [-0.39, 0.29) is 18.4 Å². The van der Waals surface area contributed by atoms with Gasteiger partial charge in [0.2, 0.25) is 5.91 Å². The first-order valence-corrected chi connectivity index (χ1v) is 7.48. The predicted molar refractivity (Wildman–Crippen MR) is 86.3 cm³/mol. The fraction of sp³-hybridized carbons (Fsp3) is 0.222. The maximum Gasteiger partial charge on any atom is 0.326 e. The van der Waals surface area contributed by atoms with Crippen molar-refractivity contribution in [1.82, 2.24) is 5.32 Å². The highest BCUT2D eigenvalue weighted by Gasteiger charge is 2.20. The minimum Gasteiger partial charge on any atom is -0.497 e. The van der Waals surface area contributed by atoms with Crippen molar-refractivity contribution in [1.29, 1.82) is 0 Å². The van der Waals surface area contributed by atoms with E-state index in [9.17, 15) is 23.5 Å². The van der Waals surface area contributed by atoms with Gasteiger partial charge in [-0.25, -0.2) is 13.6 Å². The number of amides is 1. The molecule has 0 aliphatic carbocycles. The molecule has 0 bridgehead atoms. The van der Waals surface area contributed by atoms with Crippen molar-refractivity contribution in [3.05, 3.63) is 65.2 Å². The van der Waals surface area contributed by atoms with Crippen LogP contribution in [-0.4, -0.2) is 30.1 Å². The number of carbonyl (C=O) groups is 2. The molecular weight excluding hydrogens is 332 g/mol. The third-order valence-corrected chi connectivity index (χ3v) is 3.58. The number of aliphatic carboxylic acids is 1. The summed E-state index contributed by atoms with van der Waals surface area (Å²) in [6.45, 7) is 0. The Bertz CT molecular complexity index is 762. The van der Waals surface area contributed by atoms with Gasteiger partial charge >= 0.3 is 5.97 Å². The maximum absolute atomic E-state index is 13.2. The van der Waals surface area contributed by atoms with Gasteiger partial charge in [0.15, 0.2) is 11.6 Å². The zero-order valence-electron chi connectivity index (χ0n) is 13.5. The lowest BCUT2D eigenvalue weighted by Crippen LogP contribution is -2.43. The van der Waals surface area contributed by atoms with Crippen LogP contribution in [0.25, 0.3) is 0 Å². The fourth-order valence-electron chi connectivity index (χ4n) is 2.28. The summed E-state index contributed by atoms with van der Waals surface area (Å²) < 4.78 is 31.1. The van der Waals surface area contributed by atoms with Crippen LogP contribution in [0.15, 0.2) is 42.5 Å². The van der Waals surface area contributed by atoms with E-state index in [0.29, 0.717) is 11.3 Å². The number of carbonyl (C=O) groups excluding carboxylic acids is 1. The monoisotopic (exact) mass is 349 g/mol. The van der Waals surface area contributed by atoms with Crippen LogP contribution in [0, 0.1) is 11.6 Å². The van der Waals surface area contributed by atoms with E-state index in [1.54, 1.807) is 24.3 Å². The summed E-state index contributed by atoms with van der Waals surface area (Å²) >= 11 is 0. The molecule has 0 aromatic heterocycles. The number of hydrogen-bond donors (Lipinski definition) is 2. The van der Waals surface area contributed by atoms with E-state index in [2.05, 4.69) is 5.32 Å². The second-order valence-electron chi connectivity index (χ2n) is 5.44. The molecule has 2 aromatic carbocycles. The Morgan fingerprint density at radius 1 is 1.08 bits per heavy atom. The van der Waals surface area contributed by atoms with Gasteiger partial charge in [0.25, 0.3) is 0 Å². The highest BCUT2D eigenvalue weighted by molar-refractivity contribution is 5.85. The zero-order chi connectivity index (χ0) is 18.4. The fourth-order valence-corrected chi connectivity index (χ4v) is 2.28. The van der Waals surface area contributed by atoms with Crippen molar-refractivity contribution < 1.29 is 28.2 Å². The third-order valence-electron chi connectivity index (χ3n) is 3.58. The molecule has 0 aliphatic rings.